The summed E-state index contributed by atoms with van der Waals surface area (Å²) in [6.07, 6.45) is 0. The normalized spacial score (nSPS) is 10.4. The van der Waals surface area contributed by atoms with Crippen LogP contribution in [0.2, 0.25) is 10.0 Å². The van der Waals surface area contributed by atoms with E-state index in [4.69, 9.17) is 28.9 Å². The molecule has 1 aromatic heterocycles. The molecule has 3 N–H and O–H groups in total. The maximum atomic E-state index is 5.91. The van der Waals surface area contributed by atoms with Crippen molar-refractivity contribution in [3.63, 3.8) is 0 Å². The largest absolute Gasteiger partial charge is 0.368 e. The summed E-state index contributed by atoms with van der Waals surface area (Å²) in [6, 6.07) is 5.12. The average Bonchev–Trinajstić information content (AvgIpc) is 2.64. The Kier molecular flexibility index (Phi) is 2.89. The molecule has 2 rings (SSSR count). The topological polar surface area (TPSA) is 68.8 Å². The van der Waals surface area contributed by atoms with Crippen molar-refractivity contribution in [3.05, 3.63) is 28.2 Å². The molecule has 0 fully saturated rings. The van der Waals surface area contributed by atoms with E-state index in [2.05, 4.69) is 15.4 Å². The van der Waals surface area contributed by atoms with Crippen molar-refractivity contribution in [2.24, 2.45) is 0 Å². The van der Waals surface area contributed by atoms with Crippen LogP contribution >= 0.6 is 23.2 Å². The summed E-state index contributed by atoms with van der Waals surface area (Å²) in [5, 5.41) is 7.87. The zero-order chi connectivity index (χ0) is 11.7. The summed E-state index contributed by atoms with van der Waals surface area (Å²) in [4.78, 5) is 4.00. The molecule has 2 aromatic rings. The summed E-state index contributed by atoms with van der Waals surface area (Å²) < 4.78 is 1.48. The number of hydrogen-bond acceptors (Lipinski definition) is 4. The highest BCUT2D eigenvalue weighted by atomic mass is 35.5. The second kappa shape index (κ2) is 4.19. The van der Waals surface area contributed by atoms with Crippen LogP contribution in [0.5, 0.6) is 0 Å². The van der Waals surface area contributed by atoms with Crippen LogP contribution in [0.4, 0.5) is 11.9 Å². The Balaban J connectivity index is 2.49. The van der Waals surface area contributed by atoms with Gasteiger partial charge in [-0.15, -0.1) is 5.10 Å². The van der Waals surface area contributed by atoms with Gasteiger partial charge in [0.2, 0.25) is 11.9 Å². The van der Waals surface area contributed by atoms with Gasteiger partial charge in [0.15, 0.2) is 0 Å². The van der Waals surface area contributed by atoms with Crippen molar-refractivity contribution in [1.82, 2.24) is 14.8 Å². The monoisotopic (exact) mass is 257 g/mol. The molecular weight excluding hydrogens is 249 g/mol. The lowest BCUT2D eigenvalue weighted by molar-refractivity contribution is 0.893. The maximum absolute atomic E-state index is 5.91. The highest BCUT2D eigenvalue weighted by Crippen LogP contribution is 2.25. The van der Waals surface area contributed by atoms with Crippen molar-refractivity contribution in [2.75, 3.05) is 18.1 Å². The number of halogens is 2. The molecule has 0 spiro atoms. The first-order chi connectivity index (χ1) is 7.61. The predicted molar refractivity (Wildman–Crippen MR) is 65.3 cm³/mol. The van der Waals surface area contributed by atoms with Gasteiger partial charge in [-0.25, -0.2) is 0 Å². The molecule has 5 nitrogen and oxygen atoms in total. The number of nitrogens with one attached hydrogen (secondary N) is 1. The highest BCUT2D eigenvalue weighted by Gasteiger charge is 2.08. The minimum Gasteiger partial charge on any atom is -0.368 e. The van der Waals surface area contributed by atoms with E-state index in [1.165, 1.54) is 4.68 Å². The molecule has 16 heavy (non-hydrogen) atoms. The molecule has 84 valence electrons. The third-order valence-corrected chi connectivity index (χ3v) is 2.74. The van der Waals surface area contributed by atoms with Gasteiger partial charge in [0.1, 0.15) is 0 Å². The summed E-state index contributed by atoms with van der Waals surface area (Å²) in [7, 11) is 1.72. The smallest absolute Gasteiger partial charge is 0.244 e. The van der Waals surface area contributed by atoms with Gasteiger partial charge in [-0.2, -0.15) is 9.67 Å². The third-order valence-electron chi connectivity index (χ3n) is 2.00. The number of hydrogen-bond donors (Lipinski definition) is 2. The molecule has 0 aliphatic rings. The second-order valence-corrected chi connectivity index (χ2v) is 3.87. The Bertz CT molecular complexity index is 523. The molecule has 1 heterocycles. The van der Waals surface area contributed by atoms with E-state index in [9.17, 15) is 0 Å². The van der Waals surface area contributed by atoms with Gasteiger partial charge in [-0.1, -0.05) is 23.2 Å². The van der Waals surface area contributed by atoms with Crippen LogP contribution in [0.3, 0.4) is 0 Å². The number of nitrogen functional groups attached to an aromatic ring is 1. The Hall–Kier alpha value is -1.46. The van der Waals surface area contributed by atoms with Gasteiger partial charge < -0.3 is 11.1 Å². The second-order valence-electron chi connectivity index (χ2n) is 3.05. The SMILES string of the molecule is CNc1nc(N)n(-c2ccc(Cl)c(Cl)c2)n1. The summed E-state index contributed by atoms with van der Waals surface area (Å²) >= 11 is 11.7. The van der Waals surface area contributed by atoms with E-state index in [1.54, 1.807) is 25.2 Å². The van der Waals surface area contributed by atoms with Crippen molar-refractivity contribution in [3.8, 4) is 5.69 Å². The predicted octanol–water partition coefficient (Wildman–Crippen LogP) is 2.20. The lowest BCUT2D eigenvalue weighted by atomic mass is 10.3. The van der Waals surface area contributed by atoms with Gasteiger partial charge in [-0.05, 0) is 18.2 Å². The van der Waals surface area contributed by atoms with Gasteiger partial charge in [-0.3, -0.25) is 0 Å². The molecule has 0 radical (unpaired) electrons. The molecule has 0 aliphatic heterocycles. The van der Waals surface area contributed by atoms with Crippen LogP contribution in [-0.2, 0) is 0 Å². The number of benzene rings is 1. The minimum absolute atomic E-state index is 0.280. The summed E-state index contributed by atoms with van der Waals surface area (Å²) in [5.74, 6) is 0.728. The molecule has 0 unspecified atom stereocenters. The van der Waals surface area contributed by atoms with Crippen LogP contribution in [0, 0.1) is 0 Å². The van der Waals surface area contributed by atoms with Gasteiger partial charge >= 0.3 is 0 Å². The zero-order valence-electron chi connectivity index (χ0n) is 8.41. The van der Waals surface area contributed by atoms with Crippen LogP contribution in [0.25, 0.3) is 5.69 Å². The zero-order valence-corrected chi connectivity index (χ0v) is 9.92. The maximum Gasteiger partial charge on any atom is 0.244 e. The molecule has 0 atom stereocenters. The first-order valence-corrected chi connectivity index (χ1v) is 5.23. The lowest BCUT2D eigenvalue weighted by Gasteiger charge is -2.03. The summed E-state index contributed by atoms with van der Waals surface area (Å²) in [6.45, 7) is 0. The van der Waals surface area contributed by atoms with Crippen molar-refractivity contribution in [1.29, 1.82) is 0 Å². The van der Waals surface area contributed by atoms with Crippen LogP contribution in [0.1, 0.15) is 0 Å². The van der Waals surface area contributed by atoms with Gasteiger partial charge in [0.05, 0.1) is 15.7 Å². The van der Waals surface area contributed by atoms with E-state index in [0.717, 1.165) is 0 Å². The van der Waals surface area contributed by atoms with E-state index in [0.29, 0.717) is 21.7 Å². The molecule has 7 heteroatoms. The lowest BCUT2D eigenvalue weighted by Crippen LogP contribution is -2.02. The highest BCUT2D eigenvalue weighted by molar-refractivity contribution is 6.42. The number of anilines is 2. The van der Waals surface area contributed by atoms with Crippen LogP contribution < -0.4 is 11.1 Å². The quantitative estimate of drug-likeness (QED) is 0.866. The van der Waals surface area contributed by atoms with Crippen LogP contribution in [-0.4, -0.2) is 21.8 Å². The standard InChI is InChI=1S/C9H9Cl2N5/c1-13-9-14-8(12)16(15-9)5-2-3-6(10)7(11)4-5/h2-4H,1H3,(H3,12,13,14,15). The van der Waals surface area contributed by atoms with Crippen molar-refractivity contribution >= 4 is 35.1 Å². The number of aromatic nitrogens is 3. The van der Waals surface area contributed by atoms with Crippen molar-refractivity contribution < 1.29 is 0 Å². The van der Waals surface area contributed by atoms with Gasteiger partial charge in [0, 0.05) is 7.05 Å². The first kappa shape index (κ1) is 11.0. The summed E-state index contributed by atoms with van der Waals surface area (Å²) in [5.41, 5.74) is 6.42. The van der Waals surface area contributed by atoms with E-state index in [-0.39, 0.29) is 5.95 Å². The Labute approximate surface area is 102 Å². The number of rotatable bonds is 2. The first-order valence-electron chi connectivity index (χ1n) is 4.47. The molecule has 0 saturated carbocycles. The fourth-order valence-electron chi connectivity index (χ4n) is 1.24. The third kappa shape index (κ3) is 1.91. The Morgan fingerprint density at radius 3 is 2.62 bits per heavy atom. The fourth-order valence-corrected chi connectivity index (χ4v) is 1.53. The Morgan fingerprint density at radius 2 is 2.06 bits per heavy atom. The van der Waals surface area contributed by atoms with Gasteiger partial charge in [0.25, 0.3) is 0 Å². The molecule has 0 aliphatic carbocycles. The molecular formula is C9H9Cl2N5. The molecule has 1 aromatic carbocycles. The average molecular weight is 258 g/mol. The van der Waals surface area contributed by atoms with Crippen LogP contribution in [0.15, 0.2) is 18.2 Å². The molecule has 0 bridgehead atoms. The minimum atomic E-state index is 0.280. The molecule has 0 amide bonds. The van der Waals surface area contributed by atoms with E-state index < -0.39 is 0 Å². The number of nitrogens with two attached hydrogens (primary N) is 1. The van der Waals surface area contributed by atoms with Crippen molar-refractivity contribution in [2.45, 2.75) is 0 Å². The fraction of sp³-hybridized carbons (Fsp3) is 0.111. The van der Waals surface area contributed by atoms with E-state index >= 15 is 0 Å². The molecule has 0 saturated heterocycles. The van der Waals surface area contributed by atoms with E-state index in [1.807, 2.05) is 0 Å². The number of nitrogens with zero attached hydrogens (tertiary/aromatic N) is 3. The Morgan fingerprint density at radius 1 is 1.31 bits per heavy atom.